The first-order valence-electron chi connectivity index (χ1n) is 7.70. The summed E-state index contributed by atoms with van der Waals surface area (Å²) in [5.74, 6) is -3.01. The minimum Gasteiger partial charge on any atom is -0.481 e. The zero-order valence-electron chi connectivity index (χ0n) is 13.6. The van der Waals surface area contributed by atoms with Crippen LogP contribution in [0.15, 0.2) is 18.2 Å². The summed E-state index contributed by atoms with van der Waals surface area (Å²) in [6, 6.07) is 5.78. The number of anilines is 1. The Morgan fingerprint density at radius 3 is 2.65 bits per heavy atom. The first kappa shape index (κ1) is 17.0. The largest absolute Gasteiger partial charge is 0.481 e. The minimum absolute atomic E-state index is 0.0294. The molecule has 1 fully saturated rings. The molecule has 0 radical (unpaired) electrons. The summed E-state index contributed by atoms with van der Waals surface area (Å²) in [7, 11) is 0. The molecule has 0 unspecified atom stereocenters. The van der Waals surface area contributed by atoms with Crippen LogP contribution in [-0.2, 0) is 14.4 Å². The van der Waals surface area contributed by atoms with E-state index in [0.717, 1.165) is 16.8 Å². The molecule has 6 heteroatoms. The number of aryl methyl sites for hydroxylation is 2. The molecule has 1 aliphatic rings. The lowest BCUT2D eigenvalue weighted by Gasteiger charge is -2.18. The fraction of sp³-hybridized carbons (Fsp3) is 0.471. The predicted octanol–water partition coefficient (Wildman–Crippen LogP) is 1.49. The molecule has 1 aromatic rings. The van der Waals surface area contributed by atoms with Crippen molar-refractivity contribution in [2.24, 2.45) is 11.8 Å². The van der Waals surface area contributed by atoms with Gasteiger partial charge in [-0.05, 0) is 43.5 Å². The first-order valence-corrected chi connectivity index (χ1v) is 7.70. The van der Waals surface area contributed by atoms with E-state index < -0.39 is 23.7 Å². The number of carboxylic acids is 1. The SMILES string of the molecule is Cc1ccc(N2CC[C@@H](C(=O)NC[C@H](C)C(=O)O)C2=O)cc1C. The zero-order chi connectivity index (χ0) is 17.1. The molecule has 0 saturated carbocycles. The van der Waals surface area contributed by atoms with Gasteiger partial charge in [0.05, 0.1) is 5.92 Å². The van der Waals surface area contributed by atoms with Gasteiger partial charge in [-0.1, -0.05) is 13.0 Å². The van der Waals surface area contributed by atoms with Crippen LogP contribution in [0.1, 0.15) is 24.5 Å². The second kappa shape index (κ2) is 6.81. The van der Waals surface area contributed by atoms with Crippen LogP contribution in [0.4, 0.5) is 5.69 Å². The van der Waals surface area contributed by atoms with Gasteiger partial charge in [-0.2, -0.15) is 0 Å². The van der Waals surface area contributed by atoms with Gasteiger partial charge in [0.15, 0.2) is 0 Å². The van der Waals surface area contributed by atoms with E-state index in [-0.39, 0.29) is 12.5 Å². The average Bonchev–Trinajstić information content (AvgIpc) is 2.89. The predicted molar refractivity (Wildman–Crippen MR) is 86.2 cm³/mol. The lowest BCUT2D eigenvalue weighted by Crippen LogP contribution is -2.39. The molecular weight excluding hydrogens is 296 g/mol. The molecule has 23 heavy (non-hydrogen) atoms. The molecule has 1 aromatic carbocycles. The Hall–Kier alpha value is -2.37. The van der Waals surface area contributed by atoms with Gasteiger partial charge in [0, 0.05) is 18.8 Å². The van der Waals surface area contributed by atoms with Crippen LogP contribution in [0, 0.1) is 25.7 Å². The Morgan fingerprint density at radius 1 is 1.35 bits per heavy atom. The number of benzene rings is 1. The maximum atomic E-state index is 12.5. The van der Waals surface area contributed by atoms with Crippen molar-refractivity contribution in [2.45, 2.75) is 27.2 Å². The second-order valence-corrected chi connectivity index (χ2v) is 6.08. The van der Waals surface area contributed by atoms with E-state index in [1.165, 1.54) is 6.92 Å². The third-order valence-electron chi connectivity index (χ3n) is 4.33. The number of amides is 2. The molecule has 1 aliphatic heterocycles. The first-order chi connectivity index (χ1) is 10.8. The zero-order valence-corrected chi connectivity index (χ0v) is 13.6. The lowest BCUT2D eigenvalue weighted by molar-refractivity contribution is -0.141. The molecular formula is C17H22N2O4. The van der Waals surface area contributed by atoms with Gasteiger partial charge < -0.3 is 15.3 Å². The number of rotatable bonds is 5. The van der Waals surface area contributed by atoms with Crippen LogP contribution in [0.2, 0.25) is 0 Å². The molecule has 0 bridgehead atoms. The Balaban J connectivity index is 2.02. The van der Waals surface area contributed by atoms with Gasteiger partial charge in [0.2, 0.25) is 11.8 Å². The Morgan fingerprint density at radius 2 is 2.04 bits per heavy atom. The highest BCUT2D eigenvalue weighted by atomic mass is 16.4. The molecule has 2 rings (SSSR count). The van der Waals surface area contributed by atoms with Gasteiger partial charge in [-0.15, -0.1) is 0 Å². The van der Waals surface area contributed by atoms with E-state index >= 15 is 0 Å². The van der Waals surface area contributed by atoms with Crippen molar-refractivity contribution in [3.8, 4) is 0 Å². The Bertz CT molecular complexity index is 641. The van der Waals surface area contributed by atoms with Gasteiger partial charge in [0.25, 0.3) is 0 Å². The Labute approximate surface area is 135 Å². The summed E-state index contributed by atoms with van der Waals surface area (Å²) in [5, 5.41) is 11.4. The van der Waals surface area contributed by atoms with Gasteiger partial charge in [0.1, 0.15) is 5.92 Å². The smallest absolute Gasteiger partial charge is 0.308 e. The second-order valence-electron chi connectivity index (χ2n) is 6.08. The standard InChI is InChI=1S/C17H22N2O4/c1-10-4-5-13(8-11(10)2)19-7-6-14(16(19)21)15(20)18-9-12(3)17(22)23/h4-5,8,12,14H,6-7,9H2,1-3H3,(H,18,20)(H,22,23)/t12-,14-/m0/s1. The van der Waals surface area contributed by atoms with Crippen molar-refractivity contribution in [2.75, 3.05) is 18.0 Å². The molecule has 0 aromatic heterocycles. The summed E-state index contributed by atoms with van der Waals surface area (Å²) >= 11 is 0. The maximum Gasteiger partial charge on any atom is 0.308 e. The van der Waals surface area contributed by atoms with E-state index in [9.17, 15) is 14.4 Å². The summed E-state index contributed by atoms with van der Waals surface area (Å²) in [4.78, 5) is 37.0. The number of hydrogen-bond donors (Lipinski definition) is 2. The number of carboxylic acid groups (broad SMARTS) is 1. The highest BCUT2D eigenvalue weighted by Crippen LogP contribution is 2.27. The van der Waals surface area contributed by atoms with Crippen LogP contribution in [0.3, 0.4) is 0 Å². The van der Waals surface area contributed by atoms with Crippen LogP contribution in [0.25, 0.3) is 0 Å². The normalized spacial score (nSPS) is 18.8. The summed E-state index contributed by atoms with van der Waals surface area (Å²) in [6.07, 6.45) is 0.443. The van der Waals surface area contributed by atoms with E-state index in [1.54, 1.807) is 4.90 Å². The van der Waals surface area contributed by atoms with Crippen LogP contribution in [-0.4, -0.2) is 36.0 Å². The lowest BCUT2D eigenvalue weighted by atomic mass is 10.1. The topological polar surface area (TPSA) is 86.7 Å². The van der Waals surface area contributed by atoms with Crippen LogP contribution in [0.5, 0.6) is 0 Å². The highest BCUT2D eigenvalue weighted by molar-refractivity contribution is 6.09. The Kier molecular flexibility index (Phi) is 5.03. The molecule has 2 N–H and O–H groups in total. The summed E-state index contributed by atoms with van der Waals surface area (Å²) < 4.78 is 0. The molecule has 1 saturated heterocycles. The van der Waals surface area contributed by atoms with Crippen molar-refractivity contribution in [3.63, 3.8) is 0 Å². The molecule has 6 nitrogen and oxygen atoms in total. The van der Waals surface area contributed by atoms with Gasteiger partial charge in [-0.3, -0.25) is 14.4 Å². The van der Waals surface area contributed by atoms with E-state index in [0.29, 0.717) is 13.0 Å². The van der Waals surface area contributed by atoms with Crippen LogP contribution >= 0.6 is 0 Å². The van der Waals surface area contributed by atoms with Crippen molar-refractivity contribution in [1.82, 2.24) is 5.32 Å². The van der Waals surface area contributed by atoms with E-state index in [1.807, 2.05) is 32.0 Å². The molecule has 2 atom stereocenters. The number of hydrogen-bond acceptors (Lipinski definition) is 3. The number of carbonyl (C=O) groups excluding carboxylic acids is 2. The van der Waals surface area contributed by atoms with Crippen molar-refractivity contribution >= 4 is 23.5 Å². The third kappa shape index (κ3) is 3.70. The molecule has 0 spiro atoms. The highest BCUT2D eigenvalue weighted by Gasteiger charge is 2.37. The number of carbonyl (C=O) groups is 3. The van der Waals surface area contributed by atoms with Crippen molar-refractivity contribution < 1.29 is 19.5 Å². The maximum absolute atomic E-state index is 12.5. The third-order valence-corrected chi connectivity index (χ3v) is 4.33. The molecule has 1 heterocycles. The summed E-state index contributed by atoms with van der Waals surface area (Å²) in [5.41, 5.74) is 3.04. The minimum atomic E-state index is -0.972. The number of aliphatic carboxylic acids is 1. The number of nitrogens with zero attached hydrogens (tertiary/aromatic N) is 1. The van der Waals surface area contributed by atoms with Gasteiger partial charge >= 0.3 is 5.97 Å². The fourth-order valence-electron chi connectivity index (χ4n) is 2.54. The number of nitrogens with one attached hydrogen (secondary N) is 1. The molecule has 124 valence electrons. The van der Waals surface area contributed by atoms with Crippen molar-refractivity contribution in [3.05, 3.63) is 29.3 Å². The average molecular weight is 318 g/mol. The summed E-state index contributed by atoms with van der Waals surface area (Å²) in [6.45, 7) is 6.03. The van der Waals surface area contributed by atoms with Crippen molar-refractivity contribution in [1.29, 1.82) is 0 Å². The van der Waals surface area contributed by atoms with E-state index in [4.69, 9.17) is 5.11 Å². The molecule has 0 aliphatic carbocycles. The quantitative estimate of drug-likeness (QED) is 0.805. The van der Waals surface area contributed by atoms with E-state index in [2.05, 4.69) is 5.32 Å². The molecule has 2 amide bonds. The van der Waals surface area contributed by atoms with Crippen LogP contribution < -0.4 is 10.2 Å². The fourth-order valence-corrected chi connectivity index (χ4v) is 2.54. The van der Waals surface area contributed by atoms with Gasteiger partial charge in [-0.25, -0.2) is 0 Å². The monoisotopic (exact) mass is 318 g/mol.